The van der Waals surface area contributed by atoms with Crippen LogP contribution in [0.15, 0.2) is 114 Å². The lowest BCUT2D eigenvalue weighted by molar-refractivity contribution is -0.151. The van der Waals surface area contributed by atoms with Crippen molar-refractivity contribution in [2.75, 3.05) is 59.0 Å². The van der Waals surface area contributed by atoms with Crippen molar-refractivity contribution in [1.29, 1.82) is 0 Å². The highest BCUT2D eigenvalue weighted by atomic mass is 35.5. The number of amides is 1. The number of alkyl halides is 2. The first-order valence-corrected chi connectivity index (χ1v) is 26.0. The van der Waals surface area contributed by atoms with Crippen LogP contribution in [0.25, 0.3) is 0 Å². The number of alkyl carbamates (subject to hydrolysis) is 1. The molecule has 1 amide bonds. The number of sulfonamides is 1. The molecule has 5 aromatic rings. The van der Waals surface area contributed by atoms with Crippen molar-refractivity contribution in [3.63, 3.8) is 0 Å². The monoisotopic (exact) mass is 1030 g/mol. The molecular weight excluding hydrogens is 980 g/mol. The Kier molecular flexibility index (Phi) is 16.2. The second-order valence-electron chi connectivity index (χ2n) is 18.4. The molecule has 1 N–H and O–H groups in total. The van der Waals surface area contributed by atoms with Crippen LogP contribution in [0.4, 0.5) is 13.6 Å². The lowest BCUT2D eigenvalue weighted by Crippen LogP contribution is -2.52. The molecule has 3 atom stereocenters. The maximum Gasteiger partial charge on any atom is 0.408 e. The number of fused-ring (bicyclic) bond motifs is 3. The van der Waals surface area contributed by atoms with Crippen LogP contribution in [0.2, 0.25) is 10.0 Å². The minimum absolute atomic E-state index is 0.0409. The van der Waals surface area contributed by atoms with E-state index in [9.17, 15) is 26.8 Å². The molecule has 376 valence electrons. The summed E-state index contributed by atoms with van der Waals surface area (Å²) in [5, 5.41) is 3.61. The number of aromatic nitrogens is 1. The molecular formula is C52H55Cl2F2N5O9S. The Labute approximate surface area is 422 Å². The summed E-state index contributed by atoms with van der Waals surface area (Å²) in [5.41, 5.74) is 3.38. The fraction of sp³-hybridized carbons (Fsp3) is 0.404. The number of hydrogen-bond acceptors (Lipinski definition) is 12. The molecule has 4 saturated heterocycles. The van der Waals surface area contributed by atoms with E-state index in [1.165, 1.54) is 34.9 Å². The molecule has 5 fully saturated rings. The van der Waals surface area contributed by atoms with Gasteiger partial charge in [-0.1, -0.05) is 83.9 Å². The predicted octanol–water partition coefficient (Wildman–Crippen LogP) is 9.10. The van der Waals surface area contributed by atoms with E-state index in [0.717, 1.165) is 62.0 Å². The second kappa shape index (κ2) is 22.9. The Morgan fingerprint density at radius 1 is 0.775 bits per heavy atom. The summed E-state index contributed by atoms with van der Waals surface area (Å²) in [6.07, 6.45) is 5.36. The van der Waals surface area contributed by atoms with E-state index in [1.54, 1.807) is 29.2 Å². The first-order valence-electron chi connectivity index (χ1n) is 23.8. The molecule has 2 bridgehead atoms. The molecule has 1 aromatic heterocycles. The quantitative estimate of drug-likeness (QED) is 0.0742. The number of nitrogens with zero attached hydrogens (tertiary/aromatic N) is 4. The van der Waals surface area contributed by atoms with Gasteiger partial charge in [-0.25, -0.2) is 13.2 Å². The molecule has 0 radical (unpaired) electrons. The Morgan fingerprint density at radius 2 is 1.49 bits per heavy atom. The summed E-state index contributed by atoms with van der Waals surface area (Å²) in [6.45, 7) is 0.907. The van der Waals surface area contributed by atoms with Gasteiger partial charge in [0, 0.05) is 51.5 Å². The third-order valence-electron chi connectivity index (χ3n) is 13.4. The van der Waals surface area contributed by atoms with E-state index in [-0.39, 0.29) is 78.3 Å². The number of pyridine rings is 1. The summed E-state index contributed by atoms with van der Waals surface area (Å²) in [4.78, 5) is 35.2. The Hall–Kier alpha value is -5.56. The first kappa shape index (κ1) is 50.4. The van der Waals surface area contributed by atoms with Gasteiger partial charge >= 0.3 is 18.7 Å². The zero-order valence-electron chi connectivity index (χ0n) is 38.8. The number of halogens is 4. The minimum atomic E-state index is -3.88. The molecule has 5 aliphatic rings. The van der Waals surface area contributed by atoms with Crippen molar-refractivity contribution in [2.45, 2.75) is 68.5 Å². The van der Waals surface area contributed by atoms with Gasteiger partial charge in [-0.15, -0.1) is 0 Å². The third-order valence-corrected chi connectivity index (χ3v) is 16.0. The van der Waals surface area contributed by atoms with Gasteiger partial charge in [0.1, 0.15) is 24.6 Å². The van der Waals surface area contributed by atoms with Gasteiger partial charge in [0.15, 0.2) is 11.5 Å². The zero-order valence-corrected chi connectivity index (χ0v) is 41.2. The fourth-order valence-electron chi connectivity index (χ4n) is 9.27. The highest BCUT2D eigenvalue weighted by Crippen LogP contribution is 2.38. The van der Waals surface area contributed by atoms with Crippen LogP contribution in [0.1, 0.15) is 65.6 Å². The summed E-state index contributed by atoms with van der Waals surface area (Å²) in [6, 6.07) is 27.7. The number of nitrogens with one attached hydrogen (secondary N) is 1. The number of esters is 1. The number of rotatable bonds is 20. The predicted molar refractivity (Wildman–Crippen MR) is 261 cm³/mol. The Morgan fingerprint density at radius 3 is 2.17 bits per heavy atom. The molecule has 4 aliphatic heterocycles. The molecule has 1 aliphatic carbocycles. The lowest BCUT2D eigenvalue weighted by atomic mass is 9.86. The highest BCUT2D eigenvalue weighted by Gasteiger charge is 2.37. The number of benzene rings is 4. The van der Waals surface area contributed by atoms with E-state index in [2.05, 4.69) is 15.2 Å². The fourth-order valence-corrected chi connectivity index (χ4v) is 11.2. The van der Waals surface area contributed by atoms with Gasteiger partial charge in [-0.2, -0.15) is 13.1 Å². The SMILES string of the molecule is O=C(CN1CCN(S(=O)(=O)c2ccc(COc3cccc([C@@H](NC(=O)OC4CN5CCC4CC5)c4ccccc4)c3)cc2)CC1)O[C@@H](Cc1c(Cl)cncc1Cl)c1ccc(OC(F)F)c(OCC2CC2)c1. The molecule has 5 heterocycles. The molecule has 1 saturated carbocycles. The maximum absolute atomic E-state index is 13.8. The molecule has 19 heteroatoms. The molecule has 4 aromatic carbocycles. The smallest absolute Gasteiger partial charge is 0.408 e. The van der Waals surface area contributed by atoms with Crippen LogP contribution < -0.4 is 19.5 Å². The van der Waals surface area contributed by atoms with Gasteiger partial charge in [-0.05, 0) is 115 Å². The van der Waals surface area contributed by atoms with Crippen LogP contribution in [0.5, 0.6) is 17.2 Å². The van der Waals surface area contributed by atoms with Crippen LogP contribution in [-0.2, 0) is 37.3 Å². The van der Waals surface area contributed by atoms with Crippen molar-refractivity contribution in [3.05, 3.63) is 147 Å². The second-order valence-corrected chi connectivity index (χ2v) is 21.1. The van der Waals surface area contributed by atoms with E-state index in [4.69, 9.17) is 46.9 Å². The average Bonchev–Trinajstić information content (AvgIpc) is 4.21. The lowest BCUT2D eigenvalue weighted by Gasteiger charge is -2.43. The first-order chi connectivity index (χ1) is 34.3. The Bertz CT molecular complexity index is 2720. The maximum atomic E-state index is 13.8. The summed E-state index contributed by atoms with van der Waals surface area (Å²) >= 11 is 12.9. The van der Waals surface area contributed by atoms with Crippen molar-refractivity contribution < 1.29 is 50.5 Å². The number of hydrogen-bond donors (Lipinski definition) is 1. The number of piperazine rings is 1. The van der Waals surface area contributed by atoms with E-state index < -0.39 is 40.8 Å². The van der Waals surface area contributed by atoms with Gasteiger partial charge in [0.05, 0.1) is 34.1 Å². The molecule has 1 unspecified atom stereocenters. The highest BCUT2D eigenvalue weighted by molar-refractivity contribution is 7.89. The topological polar surface area (TPSA) is 149 Å². The largest absolute Gasteiger partial charge is 0.489 e. The average molecular weight is 1040 g/mol. The normalized spacial score (nSPS) is 20.2. The van der Waals surface area contributed by atoms with E-state index in [1.807, 2.05) is 54.6 Å². The van der Waals surface area contributed by atoms with Crippen molar-refractivity contribution in [1.82, 2.24) is 24.4 Å². The van der Waals surface area contributed by atoms with Crippen LogP contribution >= 0.6 is 23.2 Å². The molecule has 10 rings (SSSR count). The van der Waals surface area contributed by atoms with Gasteiger partial charge in [0.25, 0.3) is 0 Å². The zero-order chi connectivity index (χ0) is 49.5. The third kappa shape index (κ3) is 13.1. The number of carbonyl (C=O) groups is 2. The number of ether oxygens (including phenoxy) is 5. The van der Waals surface area contributed by atoms with Gasteiger partial charge < -0.3 is 29.0 Å². The van der Waals surface area contributed by atoms with E-state index in [0.29, 0.717) is 35.3 Å². The Balaban J connectivity index is 0.793. The van der Waals surface area contributed by atoms with Crippen molar-refractivity contribution in [2.24, 2.45) is 11.8 Å². The molecule has 71 heavy (non-hydrogen) atoms. The number of carbonyl (C=O) groups excluding carboxylic acids is 2. The number of piperidine rings is 3. The van der Waals surface area contributed by atoms with Crippen LogP contribution in [0, 0.1) is 11.8 Å². The van der Waals surface area contributed by atoms with Gasteiger partial charge in [0.2, 0.25) is 10.0 Å². The van der Waals surface area contributed by atoms with Crippen molar-refractivity contribution in [3.8, 4) is 17.2 Å². The standard InChI is InChI=1S/C52H55Cl2F2N5O9S/c53-43-28-57-29-44(54)42(43)27-46(38-13-16-45(69-51(55)56)47(26-38)67-33-34-9-10-34)68-49(62)31-60-21-23-61(24-22-60)71(64,65)41-14-11-35(12-15-41)32-66-40-8-4-7-39(25-40)50(37-5-2-1-3-6-37)58-52(63)70-48-30-59-19-17-36(48)18-20-59/h1-8,11-16,25-26,28-29,34,36,46,48,50-51H,9-10,17-24,27,30-33H2,(H,58,63)/t46-,48?,50-/m0/s1. The summed E-state index contributed by atoms with van der Waals surface area (Å²) in [7, 11) is -3.88. The summed E-state index contributed by atoms with van der Waals surface area (Å²) < 4.78 is 84.5. The van der Waals surface area contributed by atoms with Gasteiger partial charge in [-0.3, -0.25) is 19.6 Å². The minimum Gasteiger partial charge on any atom is -0.489 e. The molecule has 14 nitrogen and oxygen atoms in total. The van der Waals surface area contributed by atoms with E-state index >= 15 is 0 Å². The molecule has 0 spiro atoms. The van der Waals surface area contributed by atoms with Crippen LogP contribution in [0.3, 0.4) is 0 Å². The summed E-state index contributed by atoms with van der Waals surface area (Å²) in [5.74, 6) is 0.625. The van der Waals surface area contributed by atoms with Crippen LogP contribution in [-0.4, -0.2) is 111 Å². The van der Waals surface area contributed by atoms with Crippen molar-refractivity contribution >= 4 is 45.3 Å².